The molecule has 0 aliphatic rings. The number of thiazole rings is 1. The molecule has 0 aliphatic carbocycles. The van der Waals surface area contributed by atoms with Gasteiger partial charge in [-0.05, 0) is 29.7 Å². The number of hydrogen-bond acceptors (Lipinski definition) is 3. The molecule has 2 N–H and O–H groups in total. The smallest absolute Gasteiger partial charge is 0.102 e. The van der Waals surface area contributed by atoms with E-state index < -0.39 is 0 Å². The minimum atomic E-state index is 0.356. The number of anilines is 1. The van der Waals surface area contributed by atoms with Crippen molar-refractivity contribution in [3.63, 3.8) is 0 Å². The Morgan fingerprint density at radius 3 is 2.62 bits per heavy atom. The predicted molar refractivity (Wildman–Crippen MR) is 91.8 cm³/mol. The molecule has 3 heteroatoms. The Kier molecular flexibility index (Phi) is 3.93. The molecule has 1 heterocycles. The zero-order valence-electron chi connectivity index (χ0n) is 12.4. The van der Waals surface area contributed by atoms with Crippen LogP contribution in [0, 0.1) is 5.92 Å². The van der Waals surface area contributed by atoms with Gasteiger partial charge in [-0.2, -0.15) is 0 Å². The lowest BCUT2D eigenvalue weighted by Gasteiger charge is -2.21. The zero-order valence-corrected chi connectivity index (χ0v) is 13.2. The second-order valence-electron chi connectivity index (χ2n) is 5.55. The van der Waals surface area contributed by atoms with E-state index in [-0.39, 0.29) is 0 Å². The maximum absolute atomic E-state index is 5.89. The predicted octanol–water partition coefficient (Wildman–Crippen LogP) is 5.06. The summed E-state index contributed by atoms with van der Waals surface area (Å²) in [6.45, 7) is 4.55. The quantitative estimate of drug-likeness (QED) is 0.684. The second-order valence-corrected chi connectivity index (χ2v) is 6.62. The molecule has 0 fully saturated rings. The van der Waals surface area contributed by atoms with Crippen LogP contribution in [0.15, 0.2) is 48.5 Å². The molecular formula is C18H20N2S. The van der Waals surface area contributed by atoms with E-state index in [1.165, 1.54) is 15.3 Å². The Hall–Kier alpha value is -1.87. The molecule has 0 bridgehead atoms. The van der Waals surface area contributed by atoms with Crippen molar-refractivity contribution in [3.8, 4) is 0 Å². The Morgan fingerprint density at radius 1 is 1.14 bits per heavy atom. The first-order chi connectivity index (χ1) is 10.2. The van der Waals surface area contributed by atoms with Gasteiger partial charge in [-0.15, -0.1) is 11.3 Å². The number of nitrogens with zero attached hydrogens (tertiary/aromatic N) is 1. The summed E-state index contributed by atoms with van der Waals surface area (Å²) in [5.41, 5.74) is 9.08. The molecule has 2 nitrogen and oxygen atoms in total. The molecule has 2 unspecified atom stereocenters. The van der Waals surface area contributed by atoms with Gasteiger partial charge in [0.25, 0.3) is 0 Å². The first kappa shape index (κ1) is 14.1. The standard InChI is InChI=1S/C18H20N2S/c1-3-12(2)17(13-7-5-4-6-8-13)18-20-15-10-9-14(19)11-16(15)21-18/h4-12,17H,3,19H2,1-2H3. The van der Waals surface area contributed by atoms with Crippen molar-refractivity contribution < 1.29 is 0 Å². The molecule has 0 saturated carbocycles. The van der Waals surface area contributed by atoms with Gasteiger partial charge >= 0.3 is 0 Å². The van der Waals surface area contributed by atoms with Crippen LogP contribution in [0.25, 0.3) is 10.2 Å². The number of aromatic nitrogens is 1. The van der Waals surface area contributed by atoms with E-state index in [9.17, 15) is 0 Å². The van der Waals surface area contributed by atoms with Gasteiger partial charge in [0.2, 0.25) is 0 Å². The number of fused-ring (bicyclic) bond motifs is 1. The van der Waals surface area contributed by atoms with E-state index in [2.05, 4.69) is 44.2 Å². The summed E-state index contributed by atoms with van der Waals surface area (Å²) in [6.07, 6.45) is 1.14. The molecule has 108 valence electrons. The highest BCUT2D eigenvalue weighted by Gasteiger charge is 2.23. The highest BCUT2D eigenvalue weighted by Crippen LogP contribution is 2.38. The Balaban J connectivity index is 2.10. The highest BCUT2D eigenvalue weighted by atomic mass is 32.1. The van der Waals surface area contributed by atoms with E-state index >= 15 is 0 Å². The second kappa shape index (κ2) is 5.86. The Morgan fingerprint density at radius 2 is 1.90 bits per heavy atom. The van der Waals surface area contributed by atoms with Crippen LogP contribution >= 0.6 is 11.3 Å². The van der Waals surface area contributed by atoms with Crippen molar-refractivity contribution in [1.82, 2.24) is 4.98 Å². The largest absolute Gasteiger partial charge is 0.399 e. The maximum Gasteiger partial charge on any atom is 0.102 e. The first-order valence-corrected chi connectivity index (χ1v) is 8.21. The third-order valence-electron chi connectivity index (χ3n) is 4.07. The molecule has 3 rings (SSSR count). The van der Waals surface area contributed by atoms with E-state index in [0.717, 1.165) is 17.6 Å². The van der Waals surface area contributed by atoms with E-state index in [1.807, 2.05) is 18.2 Å². The molecule has 2 aromatic carbocycles. The molecule has 0 aliphatic heterocycles. The zero-order chi connectivity index (χ0) is 14.8. The molecule has 1 aromatic heterocycles. The minimum Gasteiger partial charge on any atom is -0.399 e. The van der Waals surface area contributed by atoms with Crippen LogP contribution in [-0.4, -0.2) is 4.98 Å². The van der Waals surface area contributed by atoms with Gasteiger partial charge < -0.3 is 5.73 Å². The van der Waals surface area contributed by atoms with Gasteiger partial charge in [0, 0.05) is 11.6 Å². The van der Waals surface area contributed by atoms with Crippen LogP contribution in [0.2, 0.25) is 0 Å². The first-order valence-electron chi connectivity index (χ1n) is 7.40. The van der Waals surface area contributed by atoms with Crippen LogP contribution in [0.5, 0.6) is 0 Å². The summed E-state index contributed by atoms with van der Waals surface area (Å²) in [6, 6.07) is 16.7. The molecule has 3 aromatic rings. The Bertz CT molecular complexity index is 733. The minimum absolute atomic E-state index is 0.356. The third-order valence-corrected chi connectivity index (χ3v) is 5.17. The lowest BCUT2D eigenvalue weighted by Crippen LogP contribution is -2.10. The molecule has 0 amide bonds. The van der Waals surface area contributed by atoms with Gasteiger partial charge in [0.1, 0.15) is 5.01 Å². The normalized spacial score (nSPS) is 14.2. The van der Waals surface area contributed by atoms with E-state index in [0.29, 0.717) is 11.8 Å². The van der Waals surface area contributed by atoms with Gasteiger partial charge in [0.15, 0.2) is 0 Å². The SMILES string of the molecule is CCC(C)C(c1ccccc1)c1nc2ccc(N)cc2s1. The molecule has 0 saturated heterocycles. The lowest BCUT2D eigenvalue weighted by atomic mass is 9.86. The fourth-order valence-corrected chi connectivity index (χ4v) is 3.98. The van der Waals surface area contributed by atoms with Crippen molar-refractivity contribution in [2.45, 2.75) is 26.2 Å². The number of rotatable bonds is 4. The van der Waals surface area contributed by atoms with Gasteiger partial charge in [-0.25, -0.2) is 4.98 Å². The third kappa shape index (κ3) is 2.79. The van der Waals surface area contributed by atoms with Crippen LogP contribution in [-0.2, 0) is 0 Å². The van der Waals surface area contributed by atoms with Crippen LogP contribution < -0.4 is 5.73 Å². The molecule has 2 atom stereocenters. The number of nitrogen functional groups attached to an aromatic ring is 1. The van der Waals surface area contributed by atoms with Gasteiger partial charge in [0.05, 0.1) is 10.2 Å². The van der Waals surface area contributed by atoms with E-state index in [1.54, 1.807) is 11.3 Å². The average Bonchev–Trinajstić information content (AvgIpc) is 2.90. The molecular weight excluding hydrogens is 276 g/mol. The summed E-state index contributed by atoms with van der Waals surface area (Å²) in [7, 11) is 0. The topological polar surface area (TPSA) is 38.9 Å². The van der Waals surface area contributed by atoms with Crippen molar-refractivity contribution in [2.75, 3.05) is 5.73 Å². The maximum atomic E-state index is 5.89. The summed E-state index contributed by atoms with van der Waals surface area (Å²) < 4.78 is 1.18. The van der Waals surface area contributed by atoms with Crippen LogP contribution in [0.1, 0.15) is 36.8 Å². The molecule has 0 radical (unpaired) electrons. The fourth-order valence-electron chi connectivity index (χ4n) is 2.70. The van der Waals surface area contributed by atoms with Crippen LogP contribution in [0.4, 0.5) is 5.69 Å². The number of benzene rings is 2. The number of hydrogen-bond donors (Lipinski definition) is 1. The highest BCUT2D eigenvalue weighted by molar-refractivity contribution is 7.18. The molecule has 0 spiro atoms. The van der Waals surface area contributed by atoms with Crippen LogP contribution in [0.3, 0.4) is 0 Å². The summed E-state index contributed by atoms with van der Waals surface area (Å²) in [5.74, 6) is 0.917. The molecule has 21 heavy (non-hydrogen) atoms. The monoisotopic (exact) mass is 296 g/mol. The summed E-state index contributed by atoms with van der Waals surface area (Å²) in [5, 5.41) is 1.19. The lowest BCUT2D eigenvalue weighted by molar-refractivity contribution is 0.495. The van der Waals surface area contributed by atoms with Crippen molar-refractivity contribution in [1.29, 1.82) is 0 Å². The fraction of sp³-hybridized carbons (Fsp3) is 0.278. The van der Waals surface area contributed by atoms with Gasteiger partial charge in [-0.3, -0.25) is 0 Å². The van der Waals surface area contributed by atoms with Crippen molar-refractivity contribution in [3.05, 3.63) is 59.1 Å². The average molecular weight is 296 g/mol. The Labute approximate surface area is 129 Å². The van der Waals surface area contributed by atoms with Crippen molar-refractivity contribution in [2.24, 2.45) is 5.92 Å². The van der Waals surface area contributed by atoms with Crippen molar-refractivity contribution >= 4 is 27.2 Å². The summed E-state index contributed by atoms with van der Waals surface area (Å²) >= 11 is 1.77. The number of nitrogens with two attached hydrogens (primary N) is 1. The van der Waals surface area contributed by atoms with E-state index in [4.69, 9.17) is 10.7 Å². The summed E-state index contributed by atoms with van der Waals surface area (Å²) in [4.78, 5) is 4.86. The van der Waals surface area contributed by atoms with Gasteiger partial charge in [-0.1, -0.05) is 50.6 Å².